The SMILES string of the molecule is CCNC(=NCCC(=O)N1CCCC1)N1CCN(c2ccccc2F)CC1. The second-order valence-corrected chi connectivity index (χ2v) is 7.00. The van der Waals surface area contributed by atoms with Crippen molar-refractivity contribution in [2.45, 2.75) is 26.2 Å². The topological polar surface area (TPSA) is 51.2 Å². The number of benzene rings is 1. The Morgan fingerprint density at radius 3 is 2.44 bits per heavy atom. The van der Waals surface area contributed by atoms with E-state index in [1.54, 1.807) is 6.07 Å². The van der Waals surface area contributed by atoms with Gasteiger partial charge in [-0.2, -0.15) is 0 Å². The van der Waals surface area contributed by atoms with E-state index in [1.807, 2.05) is 24.0 Å². The number of likely N-dealkylation sites (tertiary alicyclic amines) is 1. The molecule has 0 saturated carbocycles. The molecule has 0 aromatic heterocycles. The zero-order valence-corrected chi connectivity index (χ0v) is 16.2. The number of anilines is 1. The van der Waals surface area contributed by atoms with Crippen molar-refractivity contribution >= 4 is 17.6 Å². The second-order valence-electron chi connectivity index (χ2n) is 7.00. The Bertz CT molecular complexity index is 652. The standard InChI is InChI=1S/C20H30FN5O/c1-2-22-20(23-10-9-19(27)25-11-5-6-12-25)26-15-13-24(14-16-26)18-8-4-3-7-17(18)21/h3-4,7-8H,2,5-6,9-16H2,1H3,(H,22,23). The minimum absolute atomic E-state index is 0.174. The number of halogens is 1. The van der Waals surface area contributed by atoms with Gasteiger partial charge in [0.25, 0.3) is 0 Å². The Morgan fingerprint density at radius 1 is 1.07 bits per heavy atom. The summed E-state index contributed by atoms with van der Waals surface area (Å²) in [6, 6.07) is 6.92. The average molecular weight is 375 g/mol. The van der Waals surface area contributed by atoms with Gasteiger partial charge in [0.2, 0.25) is 5.91 Å². The molecule has 1 N–H and O–H groups in total. The van der Waals surface area contributed by atoms with Crippen LogP contribution < -0.4 is 10.2 Å². The molecule has 0 radical (unpaired) electrons. The van der Waals surface area contributed by atoms with Gasteiger partial charge in [0, 0.05) is 52.2 Å². The van der Waals surface area contributed by atoms with Crippen molar-refractivity contribution < 1.29 is 9.18 Å². The zero-order chi connectivity index (χ0) is 19.1. The van der Waals surface area contributed by atoms with Crippen LogP contribution in [0.15, 0.2) is 29.3 Å². The number of piperazine rings is 1. The van der Waals surface area contributed by atoms with Gasteiger partial charge < -0.3 is 20.0 Å². The molecule has 2 saturated heterocycles. The maximum Gasteiger partial charge on any atom is 0.224 e. The van der Waals surface area contributed by atoms with Crippen molar-refractivity contribution in [2.75, 3.05) is 57.3 Å². The Kier molecular flexibility index (Phi) is 6.90. The number of aliphatic imine (C=N–C) groups is 1. The number of carbonyl (C=O) groups is 1. The number of rotatable bonds is 5. The van der Waals surface area contributed by atoms with E-state index >= 15 is 0 Å². The van der Waals surface area contributed by atoms with Gasteiger partial charge in [-0.1, -0.05) is 12.1 Å². The maximum absolute atomic E-state index is 14.0. The molecule has 0 atom stereocenters. The first-order valence-corrected chi connectivity index (χ1v) is 9.99. The molecule has 2 heterocycles. The Labute approximate surface area is 161 Å². The average Bonchev–Trinajstić information content (AvgIpc) is 3.23. The number of carbonyl (C=O) groups excluding carboxylic acids is 1. The molecule has 7 heteroatoms. The summed E-state index contributed by atoms with van der Waals surface area (Å²) in [5.74, 6) is 0.878. The molecular weight excluding hydrogens is 345 g/mol. The van der Waals surface area contributed by atoms with Gasteiger partial charge in [0.1, 0.15) is 5.82 Å². The molecule has 0 unspecified atom stereocenters. The summed E-state index contributed by atoms with van der Waals surface area (Å²) in [6.07, 6.45) is 2.69. The Morgan fingerprint density at radius 2 is 1.78 bits per heavy atom. The predicted molar refractivity (Wildman–Crippen MR) is 107 cm³/mol. The third-order valence-corrected chi connectivity index (χ3v) is 5.15. The molecule has 1 aromatic carbocycles. The van der Waals surface area contributed by atoms with Crippen LogP contribution >= 0.6 is 0 Å². The monoisotopic (exact) mass is 375 g/mol. The summed E-state index contributed by atoms with van der Waals surface area (Å²) < 4.78 is 14.0. The molecule has 1 aromatic rings. The van der Waals surface area contributed by atoms with Gasteiger partial charge in [-0.25, -0.2) is 4.39 Å². The molecule has 0 aliphatic carbocycles. The van der Waals surface area contributed by atoms with E-state index in [4.69, 9.17) is 0 Å². The van der Waals surface area contributed by atoms with Gasteiger partial charge >= 0.3 is 0 Å². The fraction of sp³-hybridized carbons (Fsp3) is 0.600. The van der Waals surface area contributed by atoms with Crippen LogP contribution in [0.2, 0.25) is 0 Å². The highest BCUT2D eigenvalue weighted by Crippen LogP contribution is 2.20. The lowest BCUT2D eigenvalue weighted by atomic mass is 10.2. The predicted octanol–water partition coefficient (Wildman–Crippen LogP) is 1.93. The van der Waals surface area contributed by atoms with Crippen molar-refractivity contribution in [1.29, 1.82) is 0 Å². The number of guanidine groups is 1. The van der Waals surface area contributed by atoms with Crippen LogP contribution in [0.5, 0.6) is 0 Å². The summed E-state index contributed by atoms with van der Waals surface area (Å²) >= 11 is 0. The Balaban J connectivity index is 1.52. The molecular formula is C20H30FN5O. The minimum Gasteiger partial charge on any atom is -0.366 e. The van der Waals surface area contributed by atoms with Gasteiger partial charge in [-0.05, 0) is 31.9 Å². The third-order valence-electron chi connectivity index (χ3n) is 5.15. The van der Waals surface area contributed by atoms with Crippen molar-refractivity contribution in [1.82, 2.24) is 15.1 Å². The Hall–Kier alpha value is -2.31. The first-order chi connectivity index (χ1) is 13.2. The molecule has 0 bridgehead atoms. The molecule has 6 nitrogen and oxygen atoms in total. The summed E-state index contributed by atoms with van der Waals surface area (Å²) in [5, 5.41) is 3.32. The highest BCUT2D eigenvalue weighted by Gasteiger charge is 2.22. The van der Waals surface area contributed by atoms with E-state index in [-0.39, 0.29) is 11.7 Å². The van der Waals surface area contributed by atoms with Crippen molar-refractivity contribution in [3.63, 3.8) is 0 Å². The van der Waals surface area contributed by atoms with Crippen LogP contribution in [0, 0.1) is 5.82 Å². The second kappa shape index (κ2) is 9.58. The van der Waals surface area contributed by atoms with E-state index in [9.17, 15) is 9.18 Å². The number of nitrogens with one attached hydrogen (secondary N) is 1. The molecule has 2 fully saturated rings. The van der Waals surface area contributed by atoms with Crippen LogP contribution in [0.4, 0.5) is 10.1 Å². The van der Waals surface area contributed by atoms with Gasteiger partial charge in [0.05, 0.1) is 12.2 Å². The maximum atomic E-state index is 14.0. The number of amides is 1. The molecule has 148 valence electrons. The van der Waals surface area contributed by atoms with Crippen molar-refractivity contribution in [3.8, 4) is 0 Å². The summed E-state index contributed by atoms with van der Waals surface area (Å²) in [6.45, 7) is 8.16. The van der Waals surface area contributed by atoms with E-state index in [1.165, 1.54) is 6.07 Å². The molecule has 3 rings (SSSR count). The summed E-state index contributed by atoms with van der Waals surface area (Å²) in [4.78, 5) is 23.0. The highest BCUT2D eigenvalue weighted by molar-refractivity contribution is 5.81. The van der Waals surface area contributed by atoms with E-state index in [2.05, 4.69) is 20.1 Å². The highest BCUT2D eigenvalue weighted by atomic mass is 19.1. The first kappa shape index (κ1) is 19.5. The summed E-state index contributed by atoms with van der Waals surface area (Å²) in [7, 11) is 0. The van der Waals surface area contributed by atoms with Crippen LogP contribution in [0.3, 0.4) is 0 Å². The molecule has 2 aliphatic heterocycles. The molecule has 27 heavy (non-hydrogen) atoms. The van der Waals surface area contributed by atoms with Gasteiger partial charge in [-0.3, -0.25) is 9.79 Å². The number of hydrogen-bond donors (Lipinski definition) is 1. The lowest BCUT2D eigenvalue weighted by molar-refractivity contribution is -0.129. The third kappa shape index (κ3) is 5.11. The number of hydrogen-bond acceptors (Lipinski definition) is 3. The normalized spacial score (nSPS) is 18.1. The van der Waals surface area contributed by atoms with E-state index in [0.717, 1.165) is 64.6 Å². The number of nitrogens with zero attached hydrogens (tertiary/aromatic N) is 4. The molecule has 1 amide bonds. The largest absolute Gasteiger partial charge is 0.366 e. The molecule has 2 aliphatic rings. The lowest BCUT2D eigenvalue weighted by Gasteiger charge is -2.37. The van der Waals surface area contributed by atoms with E-state index in [0.29, 0.717) is 18.7 Å². The fourth-order valence-electron chi connectivity index (χ4n) is 3.68. The van der Waals surface area contributed by atoms with Gasteiger partial charge in [-0.15, -0.1) is 0 Å². The van der Waals surface area contributed by atoms with Crippen LogP contribution in [-0.2, 0) is 4.79 Å². The van der Waals surface area contributed by atoms with Crippen LogP contribution in [-0.4, -0.2) is 74.0 Å². The smallest absolute Gasteiger partial charge is 0.224 e. The summed E-state index contributed by atoms with van der Waals surface area (Å²) in [5.41, 5.74) is 0.662. The van der Waals surface area contributed by atoms with Crippen molar-refractivity contribution in [3.05, 3.63) is 30.1 Å². The van der Waals surface area contributed by atoms with Crippen LogP contribution in [0.25, 0.3) is 0 Å². The van der Waals surface area contributed by atoms with E-state index < -0.39 is 0 Å². The quantitative estimate of drug-likeness (QED) is 0.631. The van der Waals surface area contributed by atoms with Crippen molar-refractivity contribution in [2.24, 2.45) is 4.99 Å². The van der Waals surface area contributed by atoms with Gasteiger partial charge in [0.15, 0.2) is 5.96 Å². The molecule has 0 spiro atoms. The fourth-order valence-corrected chi connectivity index (χ4v) is 3.68. The first-order valence-electron chi connectivity index (χ1n) is 9.99. The van der Waals surface area contributed by atoms with Crippen LogP contribution in [0.1, 0.15) is 26.2 Å². The zero-order valence-electron chi connectivity index (χ0n) is 16.2. The minimum atomic E-state index is -0.174. The lowest BCUT2D eigenvalue weighted by Crippen LogP contribution is -2.52. The number of para-hydroxylation sites is 1.